The van der Waals surface area contributed by atoms with Crippen LogP contribution in [0.15, 0.2) is 30.7 Å². The molecular weight excluding hydrogens is 328 g/mol. The maximum Gasteiger partial charge on any atom is 0.211 e. The highest BCUT2D eigenvalue weighted by atomic mass is 16.3. The summed E-state index contributed by atoms with van der Waals surface area (Å²) in [5, 5.41) is 15.3. The quantitative estimate of drug-likeness (QED) is 0.864. The normalized spacial score (nSPS) is 23.2. The summed E-state index contributed by atoms with van der Waals surface area (Å²) in [6.45, 7) is 3.32. The van der Waals surface area contributed by atoms with Crippen molar-refractivity contribution in [3.8, 4) is 0 Å². The van der Waals surface area contributed by atoms with Gasteiger partial charge in [0.15, 0.2) is 0 Å². The highest BCUT2D eigenvalue weighted by molar-refractivity contribution is 6.12. The molecule has 1 saturated heterocycles. The predicted octanol–water partition coefficient (Wildman–Crippen LogP) is 1.22. The van der Waals surface area contributed by atoms with E-state index in [1.807, 2.05) is 37.0 Å². The molecule has 0 saturated carbocycles. The maximum atomic E-state index is 13.2. The number of hydrogen-bond donors (Lipinski definition) is 2. The van der Waals surface area contributed by atoms with Crippen molar-refractivity contribution in [2.75, 3.05) is 33.7 Å². The lowest BCUT2D eigenvalue weighted by Crippen LogP contribution is -2.46. The van der Waals surface area contributed by atoms with Crippen molar-refractivity contribution >= 4 is 5.78 Å². The molecule has 6 nitrogen and oxygen atoms in total. The summed E-state index contributed by atoms with van der Waals surface area (Å²) in [5.74, 6) is 0.0481. The lowest BCUT2D eigenvalue weighted by atomic mass is 9.68. The Morgan fingerprint density at radius 2 is 2.08 bits per heavy atom. The molecule has 2 aromatic rings. The molecule has 0 spiro atoms. The third kappa shape index (κ3) is 2.60. The molecule has 3 heterocycles. The number of aromatic nitrogens is 2. The van der Waals surface area contributed by atoms with Gasteiger partial charge in [-0.05, 0) is 58.1 Å². The Morgan fingerprint density at radius 3 is 2.81 bits per heavy atom. The number of hydrogen-bond acceptors (Lipinski definition) is 5. The molecule has 26 heavy (non-hydrogen) atoms. The fourth-order valence-corrected chi connectivity index (χ4v) is 4.39. The zero-order valence-corrected chi connectivity index (χ0v) is 15.4. The molecule has 1 aliphatic heterocycles. The highest BCUT2D eigenvalue weighted by Gasteiger charge is 2.49. The number of carbonyl (C=O) groups is 1. The Kier molecular flexibility index (Phi) is 4.42. The molecule has 1 aliphatic carbocycles. The zero-order chi connectivity index (χ0) is 18.3. The summed E-state index contributed by atoms with van der Waals surface area (Å²) in [5.41, 5.74) is 1.49. The van der Waals surface area contributed by atoms with E-state index in [9.17, 15) is 9.90 Å². The predicted molar refractivity (Wildman–Crippen MR) is 99.2 cm³/mol. The van der Waals surface area contributed by atoms with Gasteiger partial charge in [0, 0.05) is 48.4 Å². The fraction of sp³-hybridized carbons (Fsp3) is 0.500. The lowest BCUT2D eigenvalue weighted by Gasteiger charge is -2.42. The number of nitrogens with zero attached hydrogens (tertiary/aromatic N) is 3. The minimum Gasteiger partial charge on any atom is -0.380 e. The number of aliphatic hydroxyl groups is 1. The summed E-state index contributed by atoms with van der Waals surface area (Å²) < 4.78 is 1.99. The second-order valence-electron chi connectivity index (χ2n) is 7.62. The van der Waals surface area contributed by atoms with E-state index in [2.05, 4.69) is 15.2 Å². The van der Waals surface area contributed by atoms with Crippen molar-refractivity contribution in [2.24, 2.45) is 5.92 Å². The number of pyridine rings is 1. The Labute approximate surface area is 153 Å². The standard InChI is InChI=1S/C20H26N4O2/c1-23(2)11-12-24-10-6-17-18(24)19(25)15-13-22-9-5-16(15)20(17,26)14-3-7-21-8-4-14/h5-6,9-10,13-14,21,26H,3-4,7-8,11-12H2,1-2H3. The van der Waals surface area contributed by atoms with Gasteiger partial charge in [-0.1, -0.05) is 0 Å². The van der Waals surface area contributed by atoms with Gasteiger partial charge in [0.05, 0.1) is 5.69 Å². The van der Waals surface area contributed by atoms with Crippen LogP contribution in [-0.2, 0) is 12.1 Å². The summed E-state index contributed by atoms with van der Waals surface area (Å²) in [7, 11) is 4.03. The molecule has 0 aromatic carbocycles. The van der Waals surface area contributed by atoms with Gasteiger partial charge < -0.3 is 19.9 Å². The first-order valence-corrected chi connectivity index (χ1v) is 9.30. The van der Waals surface area contributed by atoms with Crippen LogP contribution in [0.1, 0.15) is 40.0 Å². The maximum absolute atomic E-state index is 13.2. The first kappa shape index (κ1) is 17.4. The van der Waals surface area contributed by atoms with E-state index in [1.54, 1.807) is 12.4 Å². The minimum atomic E-state index is -1.13. The highest BCUT2D eigenvalue weighted by Crippen LogP contribution is 2.47. The van der Waals surface area contributed by atoms with Gasteiger partial charge in [-0.3, -0.25) is 9.78 Å². The number of ketones is 1. The molecule has 1 unspecified atom stereocenters. The second kappa shape index (κ2) is 6.61. The van der Waals surface area contributed by atoms with Gasteiger partial charge in [-0.2, -0.15) is 0 Å². The SMILES string of the molecule is CN(C)CCn1ccc2c1C(=O)c1cnccc1C2(O)C1CCNCC1. The number of nitrogens with one attached hydrogen (secondary N) is 1. The molecule has 2 aromatic heterocycles. The van der Waals surface area contributed by atoms with Gasteiger partial charge >= 0.3 is 0 Å². The van der Waals surface area contributed by atoms with Crippen LogP contribution >= 0.6 is 0 Å². The van der Waals surface area contributed by atoms with E-state index in [1.165, 1.54) is 0 Å². The molecule has 0 bridgehead atoms. The van der Waals surface area contributed by atoms with E-state index >= 15 is 0 Å². The minimum absolute atomic E-state index is 0.0366. The largest absolute Gasteiger partial charge is 0.380 e. The first-order valence-electron chi connectivity index (χ1n) is 9.30. The third-order valence-corrected chi connectivity index (χ3v) is 5.78. The molecule has 1 atom stereocenters. The topological polar surface area (TPSA) is 70.4 Å². The third-order valence-electron chi connectivity index (χ3n) is 5.78. The van der Waals surface area contributed by atoms with Crippen molar-refractivity contribution in [2.45, 2.75) is 25.0 Å². The Bertz CT molecular complexity index is 823. The lowest BCUT2D eigenvalue weighted by molar-refractivity contribution is -0.000763. The van der Waals surface area contributed by atoms with E-state index in [0.717, 1.165) is 38.0 Å². The van der Waals surface area contributed by atoms with E-state index in [-0.39, 0.29) is 11.7 Å². The van der Waals surface area contributed by atoms with E-state index < -0.39 is 5.60 Å². The van der Waals surface area contributed by atoms with Crippen LogP contribution in [0.25, 0.3) is 0 Å². The Balaban J connectivity index is 1.86. The molecular formula is C20H26N4O2. The Morgan fingerprint density at radius 1 is 1.31 bits per heavy atom. The van der Waals surface area contributed by atoms with Crippen LogP contribution in [0.3, 0.4) is 0 Å². The molecule has 1 fully saturated rings. The van der Waals surface area contributed by atoms with Crippen LogP contribution < -0.4 is 5.32 Å². The summed E-state index contributed by atoms with van der Waals surface area (Å²) >= 11 is 0. The van der Waals surface area contributed by atoms with Crippen LogP contribution in [0.5, 0.6) is 0 Å². The number of rotatable bonds is 4. The molecule has 0 radical (unpaired) electrons. The molecule has 2 aliphatic rings. The van der Waals surface area contributed by atoms with Gasteiger partial charge in [0.25, 0.3) is 0 Å². The summed E-state index contributed by atoms with van der Waals surface area (Å²) in [6, 6.07) is 3.75. The van der Waals surface area contributed by atoms with Crippen molar-refractivity contribution < 1.29 is 9.90 Å². The number of likely N-dealkylation sites (N-methyl/N-ethyl adjacent to an activating group) is 1. The number of piperidine rings is 1. The first-order chi connectivity index (χ1) is 12.5. The second-order valence-corrected chi connectivity index (χ2v) is 7.62. The smallest absolute Gasteiger partial charge is 0.211 e. The van der Waals surface area contributed by atoms with Crippen molar-refractivity contribution in [3.05, 3.63) is 53.1 Å². The molecule has 6 heteroatoms. The zero-order valence-electron chi connectivity index (χ0n) is 15.4. The summed E-state index contributed by atoms with van der Waals surface area (Å²) in [6.07, 6.45) is 6.99. The number of carbonyl (C=O) groups excluding carboxylic acids is 1. The van der Waals surface area contributed by atoms with Crippen molar-refractivity contribution in [1.82, 2.24) is 19.8 Å². The molecule has 4 rings (SSSR count). The van der Waals surface area contributed by atoms with E-state index in [4.69, 9.17) is 0 Å². The Hall–Kier alpha value is -2.02. The average molecular weight is 354 g/mol. The molecule has 138 valence electrons. The van der Waals surface area contributed by atoms with Crippen LogP contribution in [-0.4, -0.2) is 59.1 Å². The summed E-state index contributed by atoms with van der Waals surface area (Å²) in [4.78, 5) is 19.5. The molecule has 2 N–H and O–H groups in total. The van der Waals surface area contributed by atoms with Crippen molar-refractivity contribution in [3.63, 3.8) is 0 Å². The number of fused-ring (bicyclic) bond motifs is 2. The average Bonchev–Trinajstić information content (AvgIpc) is 3.10. The van der Waals surface area contributed by atoms with Crippen LogP contribution in [0.4, 0.5) is 0 Å². The van der Waals surface area contributed by atoms with Gasteiger partial charge in [0.1, 0.15) is 5.60 Å². The van der Waals surface area contributed by atoms with Gasteiger partial charge in [0.2, 0.25) is 5.78 Å². The van der Waals surface area contributed by atoms with Crippen molar-refractivity contribution in [1.29, 1.82) is 0 Å². The molecule has 0 amide bonds. The van der Waals surface area contributed by atoms with Crippen LogP contribution in [0.2, 0.25) is 0 Å². The monoisotopic (exact) mass is 354 g/mol. The van der Waals surface area contributed by atoms with Gasteiger partial charge in [-0.25, -0.2) is 0 Å². The van der Waals surface area contributed by atoms with E-state index in [0.29, 0.717) is 23.4 Å². The fourth-order valence-electron chi connectivity index (χ4n) is 4.39. The van der Waals surface area contributed by atoms with Gasteiger partial charge in [-0.15, -0.1) is 0 Å². The van der Waals surface area contributed by atoms with Crippen LogP contribution in [0, 0.1) is 5.92 Å².